The fraction of sp³-hybridized carbons (Fsp3) is 0.423. The molecule has 6 nitrogen and oxygen atoms in total. The number of unbranched alkanes of at least 4 members (excludes halogenated alkanes) is 1. The second kappa shape index (κ2) is 12.7. The second-order valence-corrected chi connectivity index (χ2v) is 14.6. The van der Waals surface area contributed by atoms with Gasteiger partial charge in [0.15, 0.2) is 5.78 Å². The molecule has 2 N–H and O–H groups in total. The van der Waals surface area contributed by atoms with Crippen LogP contribution in [0.1, 0.15) is 48.4 Å². The highest BCUT2D eigenvalue weighted by Gasteiger charge is 2.27. The molecule has 2 aromatic carbocycles. The highest BCUT2D eigenvalue weighted by atomic mass is 28.3. The molecule has 0 spiro atoms. The quantitative estimate of drug-likeness (QED) is 0.313. The average molecular weight is 506 g/mol. The number of ether oxygens (including phenoxy) is 1. The van der Waals surface area contributed by atoms with Crippen LogP contribution in [0.3, 0.4) is 0 Å². The van der Waals surface area contributed by atoms with Crippen LogP contribution >= 0.6 is 0 Å². The number of hydrogen-bond acceptors (Lipinski definition) is 4. The Morgan fingerprint density at radius 2 is 1.54 bits per heavy atom. The van der Waals surface area contributed by atoms with Crippen molar-refractivity contribution in [2.45, 2.75) is 64.4 Å². The highest BCUT2D eigenvalue weighted by Crippen LogP contribution is 2.20. The minimum Gasteiger partial charge on any atom is -0.481 e. The van der Waals surface area contributed by atoms with Crippen molar-refractivity contribution in [2.24, 2.45) is 0 Å². The third-order valence-electron chi connectivity index (χ3n) is 5.53. The number of carbonyl (C=O) groups excluding carboxylic acids is 2. The van der Waals surface area contributed by atoms with Crippen LogP contribution in [-0.2, 0) is 32.1 Å². The largest absolute Gasteiger partial charge is 0.481 e. The summed E-state index contributed by atoms with van der Waals surface area (Å²) in [5, 5.41) is 11.5. The van der Waals surface area contributed by atoms with Crippen molar-refractivity contribution in [3.8, 4) is 0 Å². The van der Waals surface area contributed by atoms with Crippen molar-refractivity contribution in [2.75, 3.05) is 7.11 Å². The van der Waals surface area contributed by atoms with Gasteiger partial charge in [0, 0.05) is 31.6 Å². The molecule has 9 heteroatoms. The molecule has 0 radical (unpaired) electrons. The number of carboxylic acid groups (broad SMARTS) is 1. The summed E-state index contributed by atoms with van der Waals surface area (Å²) < 4.78 is 34.5. The van der Waals surface area contributed by atoms with E-state index in [1.165, 1.54) is 12.1 Å². The Hall–Kier alpha value is -2.91. The maximum atomic E-state index is 14.7. The smallest absolute Gasteiger partial charge is 0.303 e. The van der Waals surface area contributed by atoms with Gasteiger partial charge in [0.25, 0.3) is 0 Å². The summed E-state index contributed by atoms with van der Waals surface area (Å²) in [4.78, 5) is 36.4. The monoisotopic (exact) mass is 505 g/mol. The predicted molar refractivity (Wildman–Crippen MR) is 132 cm³/mol. The first-order valence-corrected chi connectivity index (χ1v) is 15.0. The molecule has 2 rings (SSSR count). The summed E-state index contributed by atoms with van der Waals surface area (Å²) in [6.45, 7) is 5.91. The van der Waals surface area contributed by atoms with Gasteiger partial charge in [-0.25, -0.2) is 8.78 Å². The number of Topliss-reactive ketones (excluding diaryl/α,β-unsaturated/α-hetero) is 1. The van der Waals surface area contributed by atoms with E-state index in [4.69, 9.17) is 9.84 Å². The van der Waals surface area contributed by atoms with Crippen LogP contribution in [-0.4, -0.2) is 37.9 Å². The first-order valence-electron chi connectivity index (χ1n) is 11.5. The maximum Gasteiger partial charge on any atom is 0.303 e. The number of benzene rings is 2. The Morgan fingerprint density at radius 1 is 0.971 bits per heavy atom. The fourth-order valence-electron chi connectivity index (χ4n) is 3.87. The second-order valence-electron chi connectivity index (χ2n) is 9.60. The first-order chi connectivity index (χ1) is 16.4. The maximum absolute atomic E-state index is 14.7. The molecule has 0 saturated carbocycles. The van der Waals surface area contributed by atoms with Gasteiger partial charge < -0.3 is 15.2 Å². The van der Waals surface area contributed by atoms with E-state index in [1.807, 2.05) is 19.6 Å². The minimum absolute atomic E-state index is 0.0405. The van der Waals surface area contributed by atoms with Crippen molar-refractivity contribution < 1.29 is 33.0 Å². The van der Waals surface area contributed by atoms with Crippen molar-refractivity contribution in [3.05, 3.63) is 64.7 Å². The summed E-state index contributed by atoms with van der Waals surface area (Å²) in [5.74, 6) is -3.07. The number of rotatable bonds is 13. The van der Waals surface area contributed by atoms with E-state index < -0.39 is 43.4 Å². The van der Waals surface area contributed by atoms with Crippen LogP contribution in [0.5, 0.6) is 0 Å². The van der Waals surface area contributed by atoms with Crippen molar-refractivity contribution >= 4 is 30.9 Å². The van der Waals surface area contributed by atoms with Gasteiger partial charge in [-0.1, -0.05) is 43.9 Å². The summed E-state index contributed by atoms with van der Waals surface area (Å²) >= 11 is 0. The number of hydrogen-bond donors (Lipinski definition) is 2. The van der Waals surface area contributed by atoms with Crippen LogP contribution < -0.4 is 10.5 Å². The number of ketones is 1. The van der Waals surface area contributed by atoms with E-state index in [9.17, 15) is 23.2 Å². The van der Waals surface area contributed by atoms with Gasteiger partial charge in [-0.05, 0) is 41.7 Å². The number of aliphatic carboxylic acids is 1. The average Bonchev–Trinajstić information content (AvgIpc) is 2.74. The highest BCUT2D eigenvalue weighted by molar-refractivity contribution is 6.88. The van der Waals surface area contributed by atoms with Crippen molar-refractivity contribution in [1.82, 2.24) is 5.32 Å². The first kappa shape index (κ1) is 28.3. The Morgan fingerprint density at radius 3 is 2.06 bits per heavy atom. The summed E-state index contributed by atoms with van der Waals surface area (Å²) in [7, 11) is -0.690. The van der Waals surface area contributed by atoms with Gasteiger partial charge in [-0.15, -0.1) is 0 Å². The van der Waals surface area contributed by atoms with Gasteiger partial charge >= 0.3 is 5.97 Å². The molecule has 190 valence electrons. The predicted octanol–water partition coefficient (Wildman–Crippen LogP) is 4.27. The molecule has 0 aliphatic rings. The van der Waals surface area contributed by atoms with E-state index in [2.05, 4.69) is 5.32 Å². The zero-order chi connectivity index (χ0) is 26.2. The van der Waals surface area contributed by atoms with E-state index in [-0.39, 0.29) is 30.0 Å². The van der Waals surface area contributed by atoms with Gasteiger partial charge in [0.1, 0.15) is 17.7 Å². The number of carboxylic acids is 1. The molecule has 0 aromatic heterocycles. The molecule has 0 aliphatic carbocycles. The molecule has 2 aromatic rings. The lowest BCUT2D eigenvalue weighted by Crippen LogP contribution is -2.42. The van der Waals surface area contributed by atoms with Crippen LogP contribution in [0.2, 0.25) is 19.6 Å². The zero-order valence-corrected chi connectivity index (χ0v) is 21.6. The molecular weight excluding hydrogens is 472 g/mol. The van der Waals surface area contributed by atoms with E-state index in [0.29, 0.717) is 25.0 Å². The van der Waals surface area contributed by atoms with Crippen LogP contribution in [0, 0.1) is 11.6 Å². The minimum atomic E-state index is -2.26. The van der Waals surface area contributed by atoms with E-state index in [1.54, 1.807) is 31.4 Å². The Balaban J connectivity index is 2.24. The zero-order valence-electron chi connectivity index (χ0n) is 20.6. The number of methoxy groups -OCH3 is 1. The summed E-state index contributed by atoms with van der Waals surface area (Å²) in [5.41, 5.74) is 1.62. The standard InChI is InChI=1S/C26H33F2NO5Si/c1-34-16-17-9-11-19(12-10-17)25(29-23(31)7-5-6-8-24(32)33)22(30)15-18-13-20(27)26(21(28)14-18)35(2,3)4/h9-14,25H,5-8,15-16H2,1-4H3,(H,29,31)(H,32,33)/t25-/m1/s1. The molecule has 1 atom stereocenters. The molecular formula is C26H33F2NO5Si. The third-order valence-corrected chi connectivity index (χ3v) is 7.50. The van der Waals surface area contributed by atoms with Crippen LogP contribution in [0.25, 0.3) is 0 Å². The summed E-state index contributed by atoms with van der Waals surface area (Å²) in [6.07, 6.45) is 0.465. The Bertz CT molecular complexity index is 1030. The fourth-order valence-corrected chi connectivity index (χ4v) is 5.44. The van der Waals surface area contributed by atoms with E-state index in [0.717, 1.165) is 5.56 Å². The van der Waals surface area contributed by atoms with Gasteiger partial charge in [0.05, 0.1) is 14.7 Å². The topological polar surface area (TPSA) is 92.7 Å². The lowest BCUT2D eigenvalue weighted by molar-refractivity contribution is -0.137. The molecule has 0 unspecified atom stereocenters. The van der Waals surface area contributed by atoms with Crippen molar-refractivity contribution in [1.29, 1.82) is 0 Å². The molecule has 1 amide bonds. The number of halogens is 2. The third kappa shape index (κ3) is 8.67. The van der Waals surface area contributed by atoms with Gasteiger partial charge in [-0.2, -0.15) is 0 Å². The summed E-state index contributed by atoms with van der Waals surface area (Å²) in [6, 6.07) is 8.35. The molecule has 0 aliphatic heterocycles. The molecule has 0 heterocycles. The van der Waals surface area contributed by atoms with E-state index >= 15 is 0 Å². The number of nitrogens with one attached hydrogen (secondary N) is 1. The lowest BCUT2D eigenvalue weighted by atomic mass is 9.96. The Labute approximate surface area is 205 Å². The van der Waals surface area contributed by atoms with Crippen LogP contribution in [0.15, 0.2) is 36.4 Å². The van der Waals surface area contributed by atoms with Crippen molar-refractivity contribution in [3.63, 3.8) is 0 Å². The Kier molecular flexibility index (Phi) is 10.3. The molecule has 0 bridgehead atoms. The number of amides is 1. The molecule has 35 heavy (non-hydrogen) atoms. The van der Waals surface area contributed by atoms with Crippen LogP contribution in [0.4, 0.5) is 8.78 Å². The number of carbonyl (C=O) groups is 3. The molecule has 0 fully saturated rings. The van der Waals surface area contributed by atoms with Gasteiger partial charge in [-0.3, -0.25) is 14.4 Å². The lowest BCUT2D eigenvalue weighted by Gasteiger charge is -2.21. The molecule has 0 saturated heterocycles. The van der Waals surface area contributed by atoms with Gasteiger partial charge in [0.2, 0.25) is 5.91 Å². The SMILES string of the molecule is COCc1ccc([C@@H](NC(=O)CCCCC(=O)O)C(=O)Cc2cc(F)c([Si](C)(C)C)c(F)c2)cc1. The normalized spacial score (nSPS) is 12.3.